The van der Waals surface area contributed by atoms with Crippen LogP contribution < -0.4 is 0 Å². The molecule has 0 fully saturated rings. The summed E-state index contributed by atoms with van der Waals surface area (Å²) in [5.74, 6) is -1.01. The number of carbonyl (C=O) groups is 1. The molecule has 0 aliphatic carbocycles. The summed E-state index contributed by atoms with van der Waals surface area (Å²) in [6.45, 7) is 1.47. The first-order valence-corrected chi connectivity index (χ1v) is 7.13. The normalized spacial score (nSPS) is 11.7. The molecule has 2 heterocycles. The Balaban J connectivity index is 2.54. The number of aromatic nitrogens is 3. The molecule has 0 aliphatic heterocycles. The molecule has 5 nitrogen and oxygen atoms in total. The molecule has 0 saturated heterocycles. The molecule has 2 aromatic rings. The molecule has 0 spiro atoms. The lowest BCUT2D eigenvalue weighted by molar-refractivity contribution is -0.143. The summed E-state index contributed by atoms with van der Waals surface area (Å²) >= 11 is 6.52. The van der Waals surface area contributed by atoms with Crippen molar-refractivity contribution in [3.05, 3.63) is 28.5 Å². The maximum absolute atomic E-state index is 13.2. The van der Waals surface area contributed by atoms with Crippen molar-refractivity contribution in [2.24, 2.45) is 0 Å². The molecule has 0 amide bonds. The number of carbonyl (C=O) groups excluding carboxylic acids is 1. The molecule has 114 valence electrons. The molecule has 10 heteroatoms. The smallest absolute Gasteiger partial charge is 0.434 e. The molecule has 2 aromatic heterocycles. The largest absolute Gasteiger partial charge is 0.462 e. The zero-order valence-corrected chi connectivity index (χ0v) is 12.2. The third kappa shape index (κ3) is 3.18. The first-order chi connectivity index (χ1) is 9.88. The maximum Gasteiger partial charge on any atom is 0.434 e. The lowest BCUT2D eigenvalue weighted by Gasteiger charge is -2.10. The van der Waals surface area contributed by atoms with Crippen LogP contribution in [0, 0.1) is 0 Å². The zero-order chi connectivity index (χ0) is 15.6. The molecule has 0 atom stereocenters. The molecule has 21 heavy (non-hydrogen) atoms. The highest BCUT2D eigenvalue weighted by molar-refractivity contribution is 7.12. The summed E-state index contributed by atoms with van der Waals surface area (Å²) < 4.78 is 44.8. The number of nitrogens with zero attached hydrogens (tertiary/aromatic N) is 3. The Hall–Kier alpha value is -1.61. The molecule has 0 unspecified atom stereocenters. The maximum atomic E-state index is 13.2. The van der Waals surface area contributed by atoms with Gasteiger partial charge < -0.3 is 4.74 Å². The van der Waals surface area contributed by atoms with Gasteiger partial charge >= 0.3 is 12.1 Å². The van der Waals surface area contributed by atoms with E-state index < -0.39 is 23.4 Å². The fourth-order valence-corrected chi connectivity index (χ4v) is 2.59. The average molecular weight is 340 g/mol. The Morgan fingerprint density at radius 1 is 1.52 bits per heavy atom. The van der Waals surface area contributed by atoms with Gasteiger partial charge in [-0.15, -0.1) is 22.9 Å². The Morgan fingerprint density at radius 3 is 2.76 bits per heavy atom. The minimum Gasteiger partial charge on any atom is -0.462 e. The zero-order valence-electron chi connectivity index (χ0n) is 10.6. The van der Waals surface area contributed by atoms with E-state index in [-0.39, 0.29) is 17.6 Å². The molecule has 0 bridgehead atoms. The van der Waals surface area contributed by atoms with Gasteiger partial charge in [0.2, 0.25) is 5.13 Å². The number of rotatable bonds is 4. The minimum absolute atomic E-state index is 0.0199. The minimum atomic E-state index is -4.77. The third-order valence-electron chi connectivity index (χ3n) is 2.39. The quantitative estimate of drug-likeness (QED) is 0.633. The van der Waals surface area contributed by atoms with E-state index in [1.54, 1.807) is 0 Å². The summed E-state index contributed by atoms with van der Waals surface area (Å²) in [6, 6.07) is 0. The van der Waals surface area contributed by atoms with Crippen LogP contribution in [0.5, 0.6) is 0 Å². The van der Waals surface area contributed by atoms with Crippen molar-refractivity contribution < 1.29 is 22.7 Å². The van der Waals surface area contributed by atoms with Crippen LogP contribution in [-0.2, 0) is 16.8 Å². The Kier molecular flexibility index (Phi) is 4.52. The number of hydrogen-bond acceptors (Lipinski definition) is 5. The van der Waals surface area contributed by atoms with Gasteiger partial charge in [-0.25, -0.2) is 14.5 Å². The molecular weight excluding hydrogens is 331 g/mol. The number of halogens is 4. The molecule has 0 radical (unpaired) electrons. The van der Waals surface area contributed by atoms with E-state index in [1.807, 2.05) is 0 Å². The van der Waals surface area contributed by atoms with E-state index in [4.69, 9.17) is 11.6 Å². The number of alkyl halides is 4. The molecule has 2 rings (SSSR count). The van der Waals surface area contributed by atoms with Gasteiger partial charge in [-0.3, -0.25) is 0 Å². The number of ether oxygens (including phenoxy) is 1. The van der Waals surface area contributed by atoms with Crippen molar-refractivity contribution in [2.75, 3.05) is 6.61 Å². The standard InChI is InChI=1S/C11H9ClF3N3O2S/c1-2-20-9(19)7-4-16-18(8(7)11(13,14)15)10-17-6(3-12)5-21-10/h4-5H,2-3H2,1H3. The lowest BCUT2D eigenvalue weighted by Crippen LogP contribution is -2.18. The first-order valence-electron chi connectivity index (χ1n) is 5.71. The van der Waals surface area contributed by atoms with Gasteiger partial charge in [-0.1, -0.05) is 0 Å². The van der Waals surface area contributed by atoms with E-state index in [9.17, 15) is 18.0 Å². The van der Waals surface area contributed by atoms with Gasteiger partial charge in [0.25, 0.3) is 0 Å². The summed E-state index contributed by atoms with van der Waals surface area (Å²) in [4.78, 5) is 15.5. The lowest BCUT2D eigenvalue weighted by atomic mass is 10.2. The second-order valence-electron chi connectivity index (χ2n) is 3.79. The van der Waals surface area contributed by atoms with Gasteiger partial charge in [-0.05, 0) is 6.92 Å². The van der Waals surface area contributed by atoms with Crippen LogP contribution in [0.4, 0.5) is 13.2 Å². The van der Waals surface area contributed by atoms with Crippen LogP contribution in [0.1, 0.15) is 28.7 Å². The topological polar surface area (TPSA) is 57.0 Å². The van der Waals surface area contributed by atoms with E-state index in [2.05, 4.69) is 14.8 Å². The number of thiazole rings is 1. The number of hydrogen-bond donors (Lipinski definition) is 0. The predicted octanol–water partition coefficient (Wildman–Crippen LogP) is 3.26. The second-order valence-corrected chi connectivity index (χ2v) is 4.90. The second kappa shape index (κ2) is 6.02. The summed E-state index contributed by atoms with van der Waals surface area (Å²) in [5.41, 5.74) is -1.43. The summed E-state index contributed by atoms with van der Waals surface area (Å²) in [7, 11) is 0. The van der Waals surface area contributed by atoms with E-state index in [0.717, 1.165) is 17.5 Å². The number of esters is 1. The molecule has 0 aromatic carbocycles. The summed E-state index contributed by atoms with van der Waals surface area (Å²) in [5, 5.41) is 5.11. The van der Waals surface area contributed by atoms with Crippen LogP contribution in [-0.4, -0.2) is 27.3 Å². The van der Waals surface area contributed by atoms with Crippen molar-refractivity contribution in [3.8, 4) is 5.13 Å². The molecule has 0 N–H and O–H groups in total. The van der Waals surface area contributed by atoms with Gasteiger partial charge in [0.05, 0.1) is 24.4 Å². The highest BCUT2D eigenvalue weighted by Crippen LogP contribution is 2.34. The Bertz CT molecular complexity index is 653. The SMILES string of the molecule is CCOC(=O)c1cnn(-c2nc(CCl)cs2)c1C(F)(F)F. The third-order valence-corrected chi connectivity index (χ3v) is 3.53. The highest BCUT2D eigenvalue weighted by Gasteiger charge is 2.41. The fourth-order valence-electron chi connectivity index (χ4n) is 1.58. The van der Waals surface area contributed by atoms with Crippen LogP contribution in [0.25, 0.3) is 5.13 Å². The molecular formula is C11H9ClF3N3O2S. The molecule has 0 saturated carbocycles. The molecule has 0 aliphatic rings. The van der Waals surface area contributed by atoms with E-state index in [1.165, 1.54) is 12.3 Å². The van der Waals surface area contributed by atoms with Gasteiger partial charge in [0.15, 0.2) is 5.69 Å². The van der Waals surface area contributed by atoms with Gasteiger partial charge in [0.1, 0.15) is 5.56 Å². The van der Waals surface area contributed by atoms with E-state index in [0.29, 0.717) is 10.4 Å². The van der Waals surface area contributed by atoms with Crippen LogP contribution >= 0.6 is 22.9 Å². The van der Waals surface area contributed by atoms with Crippen molar-refractivity contribution in [1.82, 2.24) is 14.8 Å². The summed E-state index contributed by atoms with van der Waals surface area (Å²) in [6.07, 6.45) is -3.95. The van der Waals surface area contributed by atoms with Crippen LogP contribution in [0.3, 0.4) is 0 Å². The Labute approximate surface area is 126 Å². The average Bonchev–Trinajstić information content (AvgIpc) is 3.04. The van der Waals surface area contributed by atoms with E-state index >= 15 is 0 Å². The fraction of sp³-hybridized carbons (Fsp3) is 0.364. The van der Waals surface area contributed by atoms with Crippen molar-refractivity contribution in [3.63, 3.8) is 0 Å². The Morgan fingerprint density at radius 2 is 2.24 bits per heavy atom. The monoisotopic (exact) mass is 339 g/mol. The highest BCUT2D eigenvalue weighted by atomic mass is 35.5. The van der Waals surface area contributed by atoms with Crippen molar-refractivity contribution >= 4 is 28.9 Å². The van der Waals surface area contributed by atoms with Crippen LogP contribution in [0.15, 0.2) is 11.6 Å². The van der Waals surface area contributed by atoms with Gasteiger partial charge in [-0.2, -0.15) is 18.3 Å². The predicted molar refractivity (Wildman–Crippen MR) is 69.8 cm³/mol. The van der Waals surface area contributed by atoms with Crippen LogP contribution in [0.2, 0.25) is 0 Å². The van der Waals surface area contributed by atoms with Crippen molar-refractivity contribution in [1.29, 1.82) is 0 Å². The van der Waals surface area contributed by atoms with Gasteiger partial charge in [0, 0.05) is 5.38 Å². The van der Waals surface area contributed by atoms with Crippen molar-refractivity contribution in [2.45, 2.75) is 19.0 Å². The first kappa shape index (κ1) is 15.8.